The predicted octanol–water partition coefficient (Wildman–Crippen LogP) is 2.43. The SMILES string of the molecule is CCCCCNCc1ccccc1CN. The zero-order chi connectivity index (χ0) is 10.9. The van der Waals surface area contributed by atoms with Crippen molar-refractivity contribution in [2.75, 3.05) is 6.54 Å². The molecule has 1 rings (SSSR count). The Morgan fingerprint density at radius 3 is 2.53 bits per heavy atom. The molecule has 0 spiro atoms. The van der Waals surface area contributed by atoms with E-state index in [1.54, 1.807) is 0 Å². The molecule has 0 heterocycles. The molecule has 2 heteroatoms. The van der Waals surface area contributed by atoms with Crippen LogP contribution in [0.4, 0.5) is 0 Å². The molecule has 1 aromatic carbocycles. The molecule has 0 bridgehead atoms. The number of nitrogens with one attached hydrogen (secondary N) is 1. The first-order valence-electron chi connectivity index (χ1n) is 5.86. The standard InChI is InChI=1S/C13H22N2/c1-2-3-6-9-15-11-13-8-5-4-7-12(13)10-14/h4-5,7-8,15H,2-3,6,9-11,14H2,1H3. The molecule has 0 radical (unpaired) electrons. The first-order chi connectivity index (χ1) is 7.38. The normalized spacial score (nSPS) is 10.5. The van der Waals surface area contributed by atoms with Crippen molar-refractivity contribution in [2.24, 2.45) is 5.73 Å². The van der Waals surface area contributed by atoms with Gasteiger partial charge in [-0.3, -0.25) is 0 Å². The van der Waals surface area contributed by atoms with E-state index in [1.807, 2.05) is 6.07 Å². The Hall–Kier alpha value is -0.860. The minimum absolute atomic E-state index is 0.632. The molecule has 3 N–H and O–H groups in total. The predicted molar refractivity (Wildman–Crippen MR) is 65.6 cm³/mol. The molecule has 84 valence electrons. The van der Waals surface area contributed by atoms with Gasteiger partial charge in [-0.05, 0) is 24.1 Å². The Labute approximate surface area is 92.9 Å². The van der Waals surface area contributed by atoms with Crippen LogP contribution in [0, 0.1) is 0 Å². The van der Waals surface area contributed by atoms with E-state index in [4.69, 9.17) is 5.73 Å². The van der Waals surface area contributed by atoms with Gasteiger partial charge in [-0.25, -0.2) is 0 Å². The van der Waals surface area contributed by atoms with Gasteiger partial charge < -0.3 is 11.1 Å². The van der Waals surface area contributed by atoms with E-state index in [2.05, 4.69) is 30.4 Å². The monoisotopic (exact) mass is 206 g/mol. The topological polar surface area (TPSA) is 38.0 Å². The van der Waals surface area contributed by atoms with Crippen LogP contribution in [0.3, 0.4) is 0 Å². The molecular weight excluding hydrogens is 184 g/mol. The summed E-state index contributed by atoms with van der Waals surface area (Å²) in [6, 6.07) is 8.36. The van der Waals surface area contributed by atoms with Crippen LogP contribution in [0.25, 0.3) is 0 Å². The number of benzene rings is 1. The van der Waals surface area contributed by atoms with Gasteiger partial charge in [0.25, 0.3) is 0 Å². The van der Waals surface area contributed by atoms with Crippen LogP contribution < -0.4 is 11.1 Å². The Balaban J connectivity index is 2.30. The fraction of sp³-hybridized carbons (Fsp3) is 0.538. The maximum atomic E-state index is 5.67. The highest BCUT2D eigenvalue weighted by molar-refractivity contribution is 5.26. The van der Waals surface area contributed by atoms with Gasteiger partial charge in [0.15, 0.2) is 0 Å². The summed E-state index contributed by atoms with van der Waals surface area (Å²) in [5.74, 6) is 0. The largest absolute Gasteiger partial charge is 0.326 e. The number of rotatable bonds is 7. The summed E-state index contributed by atoms with van der Waals surface area (Å²) in [5, 5.41) is 3.46. The summed E-state index contributed by atoms with van der Waals surface area (Å²) in [7, 11) is 0. The summed E-state index contributed by atoms with van der Waals surface area (Å²) in [6.07, 6.45) is 3.86. The highest BCUT2D eigenvalue weighted by Gasteiger charge is 1.98. The van der Waals surface area contributed by atoms with Gasteiger partial charge in [0, 0.05) is 13.1 Å². The molecule has 0 saturated carbocycles. The minimum atomic E-state index is 0.632. The molecule has 0 fully saturated rings. The second-order valence-electron chi connectivity index (χ2n) is 3.86. The average molecular weight is 206 g/mol. The van der Waals surface area contributed by atoms with Crippen molar-refractivity contribution >= 4 is 0 Å². The molecule has 0 unspecified atom stereocenters. The molecule has 0 saturated heterocycles. The van der Waals surface area contributed by atoms with Crippen molar-refractivity contribution in [3.8, 4) is 0 Å². The van der Waals surface area contributed by atoms with E-state index in [9.17, 15) is 0 Å². The summed E-state index contributed by atoms with van der Waals surface area (Å²) >= 11 is 0. The molecule has 15 heavy (non-hydrogen) atoms. The summed E-state index contributed by atoms with van der Waals surface area (Å²) in [4.78, 5) is 0. The number of unbranched alkanes of at least 4 members (excludes halogenated alkanes) is 2. The molecule has 0 atom stereocenters. The third-order valence-corrected chi connectivity index (χ3v) is 2.61. The lowest BCUT2D eigenvalue weighted by molar-refractivity contribution is 0.614. The van der Waals surface area contributed by atoms with Crippen LogP contribution in [0.15, 0.2) is 24.3 Å². The number of hydrogen-bond donors (Lipinski definition) is 2. The Morgan fingerprint density at radius 1 is 1.13 bits per heavy atom. The fourth-order valence-electron chi connectivity index (χ4n) is 1.65. The van der Waals surface area contributed by atoms with E-state index >= 15 is 0 Å². The van der Waals surface area contributed by atoms with Gasteiger partial charge in [-0.1, -0.05) is 44.0 Å². The maximum Gasteiger partial charge on any atom is 0.0208 e. The zero-order valence-corrected chi connectivity index (χ0v) is 9.63. The second kappa shape index (κ2) is 7.43. The Morgan fingerprint density at radius 2 is 1.87 bits per heavy atom. The van der Waals surface area contributed by atoms with Gasteiger partial charge in [-0.2, -0.15) is 0 Å². The van der Waals surface area contributed by atoms with Gasteiger partial charge >= 0.3 is 0 Å². The molecular formula is C13H22N2. The average Bonchev–Trinajstić information content (AvgIpc) is 2.29. The molecule has 0 aromatic heterocycles. The van der Waals surface area contributed by atoms with Gasteiger partial charge in [0.2, 0.25) is 0 Å². The lowest BCUT2D eigenvalue weighted by Gasteiger charge is -2.08. The summed E-state index contributed by atoms with van der Waals surface area (Å²) in [5.41, 5.74) is 8.26. The van der Waals surface area contributed by atoms with E-state index in [-0.39, 0.29) is 0 Å². The lowest BCUT2D eigenvalue weighted by Crippen LogP contribution is -2.16. The fourth-order valence-corrected chi connectivity index (χ4v) is 1.65. The Bertz CT molecular complexity index is 271. The van der Waals surface area contributed by atoms with Crippen LogP contribution >= 0.6 is 0 Å². The van der Waals surface area contributed by atoms with Crippen molar-refractivity contribution in [3.05, 3.63) is 35.4 Å². The highest BCUT2D eigenvalue weighted by atomic mass is 14.8. The molecule has 0 aliphatic carbocycles. The molecule has 1 aromatic rings. The second-order valence-corrected chi connectivity index (χ2v) is 3.86. The summed E-state index contributed by atoms with van der Waals surface area (Å²) < 4.78 is 0. The zero-order valence-electron chi connectivity index (χ0n) is 9.63. The molecule has 0 aliphatic rings. The molecule has 0 aliphatic heterocycles. The first-order valence-corrected chi connectivity index (χ1v) is 5.86. The van der Waals surface area contributed by atoms with Crippen LogP contribution in [-0.2, 0) is 13.1 Å². The number of nitrogens with two attached hydrogens (primary N) is 1. The van der Waals surface area contributed by atoms with Gasteiger partial charge in [0.1, 0.15) is 0 Å². The Kier molecular flexibility index (Phi) is 6.05. The maximum absolute atomic E-state index is 5.67. The van der Waals surface area contributed by atoms with E-state index in [0.29, 0.717) is 6.54 Å². The first kappa shape index (κ1) is 12.2. The smallest absolute Gasteiger partial charge is 0.0208 e. The van der Waals surface area contributed by atoms with Crippen molar-refractivity contribution in [3.63, 3.8) is 0 Å². The molecule has 2 nitrogen and oxygen atoms in total. The van der Waals surface area contributed by atoms with Gasteiger partial charge in [-0.15, -0.1) is 0 Å². The van der Waals surface area contributed by atoms with E-state index in [1.165, 1.54) is 30.4 Å². The van der Waals surface area contributed by atoms with Crippen LogP contribution in [0.2, 0.25) is 0 Å². The van der Waals surface area contributed by atoms with Crippen molar-refractivity contribution < 1.29 is 0 Å². The van der Waals surface area contributed by atoms with Crippen molar-refractivity contribution in [1.29, 1.82) is 0 Å². The van der Waals surface area contributed by atoms with E-state index < -0.39 is 0 Å². The number of hydrogen-bond acceptors (Lipinski definition) is 2. The van der Waals surface area contributed by atoms with Gasteiger partial charge in [0.05, 0.1) is 0 Å². The lowest BCUT2D eigenvalue weighted by atomic mass is 10.1. The van der Waals surface area contributed by atoms with Crippen LogP contribution in [0.1, 0.15) is 37.3 Å². The minimum Gasteiger partial charge on any atom is -0.326 e. The quantitative estimate of drug-likeness (QED) is 0.672. The van der Waals surface area contributed by atoms with Crippen LogP contribution in [0.5, 0.6) is 0 Å². The van der Waals surface area contributed by atoms with Crippen molar-refractivity contribution in [2.45, 2.75) is 39.3 Å². The molecule has 0 amide bonds. The summed E-state index contributed by atoms with van der Waals surface area (Å²) in [6.45, 7) is 4.90. The third-order valence-electron chi connectivity index (χ3n) is 2.61. The van der Waals surface area contributed by atoms with Crippen molar-refractivity contribution in [1.82, 2.24) is 5.32 Å². The van der Waals surface area contributed by atoms with Crippen LogP contribution in [-0.4, -0.2) is 6.54 Å². The third kappa shape index (κ3) is 4.45. The van der Waals surface area contributed by atoms with E-state index in [0.717, 1.165) is 13.1 Å². The highest BCUT2D eigenvalue weighted by Crippen LogP contribution is 2.07.